The van der Waals surface area contributed by atoms with Crippen molar-refractivity contribution >= 4 is 28.1 Å². The second kappa shape index (κ2) is 6.94. The molecule has 22 heavy (non-hydrogen) atoms. The van der Waals surface area contributed by atoms with Gasteiger partial charge in [0.15, 0.2) is 6.10 Å². The van der Waals surface area contributed by atoms with Gasteiger partial charge in [-0.2, -0.15) is 0 Å². The minimum Gasteiger partial charge on any atom is -0.481 e. The Kier molecular flexibility index (Phi) is 4.99. The van der Waals surface area contributed by atoms with E-state index in [2.05, 4.69) is 15.5 Å². The van der Waals surface area contributed by atoms with E-state index in [1.54, 1.807) is 6.92 Å². The number of amides is 1. The molecular weight excluding hydrogens is 308 g/mol. The average Bonchev–Trinajstić information content (AvgIpc) is 2.95. The molecule has 0 aliphatic carbocycles. The van der Waals surface area contributed by atoms with Crippen LogP contribution in [0.15, 0.2) is 24.3 Å². The van der Waals surface area contributed by atoms with E-state index in [1.165, 1.54) is 35.6 Å². The Morgan fingerprint density at radius 1 is 1.41 bits per heavy atom. The monoisotopic (exact) mass is 322 g/mol. The summed E-state index contributed by atoms with van der Waals surface area (Å²) in [6.45, 7) is 3.53. The summed E-state index contributed by atoms with van der Waals surface area (Å²) >= 11 is 1.31. The van der Waals surface area contributed by atoms with E-state index in [9.17, 15) is 14.9 Å². The lowest BCUT2D eigenvalue weighted by Gasteiger charge is -2.13. The average molecular weight is 322 g/mol. The molecule has 1 aromatic carbocycles. The number of rotatable bonds is 6. The van der Waals surface area contributed by atoms with Crippen LogP contribution in [0.25, 0.3) is 0 Å². The summed E-state index contributed by atoms with van der Waals surface area (Å²) in [5, 5.41) is 22.2. The summed E-state index contributed by atoms with van der Waals surface area (Å²) < 4.78 is 5.44. The molecule has 0 fully saturated rings. The quantitative estimate of drug-likeness (QED) is 0.646. The lowest BCUT2D eigenvalue weighted by atomic mass is 10.3. The van der Waals surface area contributed by atoms with Gasteiger partial charge in [0.05, 0.1) is 4.92 Å². The van der Waals surface area contributed by atoms with Gasteiger partial charge in [0.1, 0.15) is 10.8 Å². The smallest absolute Gasteiger partial charge is 0.269 e. The van der Waals surface area contributed by atoms with E-state index >= 15 is 0 Å². The minimum atomic E-state index is -0.768. The maximum atomic E-state index is 12.0. The van der Waals surface area contributed by atoms with Crippen LogP contribution in [0, 0.1) is 10.1 Å². The first-order valence-corrected chi connectivity index (χ1v) is 7.35. The van der Waals surface area contributed by atoms with Crippen molar-refractivity contribution in [2.75, 3.05) is 5.32 Å². The van der Waals surface area contributed by atoms with Crippen molar-refractivity contribution in [1.29, 1.82) is 0 Å². The molecule has 2 rings (SSSR count). The summed E-state index contributed by atoms with van der Waals surface area (Å²) in [6.07, 6.45) is -0.0158. The Hall–Kier alpha value is -2.55. The van der Waals surface area contributed by atoms with Crippen molar-refractivity contribution in [3.8, 4) is 5.75 Å². The molecule has 0 saturated heterocycles. The first-order valence-electron chi connectivity index (χ1n) is 6.54. The van der Waals surface area contributed by atoms with Crippen LogP contribution in [0.5, 0.6) is 5.75 Å². The van der Waals surface area contributed by atoms with Crippen LogP contribution in [0.4, 0.5) is 10.8 Å². The van der Waals surface area contributed by atoms with E-state index in [1.807, 2.05) is 6.92 Å². The van der Waals surface area contributed by atoms with Gasteiger partial charge >= 0.3 is 0 Å². The lowest BCUT2D eigenvalue weighted by molar-refractivity contribution is -0.384. The zero-order valence-electron chi connectivity index (χ0n) is 12.0. The van der Waals surface area contributed by atoms with Gasteiger partial charge in [-0.05, 0) is 25.5 Å². The number of hydrogen-bond donors (Lipinski definition) is 1. The Morgan fingerprint density at radius 3 is 2.64 bits per heavy atom. The highest BCUT2D eigenvalue weighted by Crippen LogP contribution is 2.19. The van der Waals surface area contributed by atoms with Crippen LogP contribution in [0.1, 0.15) is 18.9 Å². The zero-order chi connectivity index (χ0) is 16.1. The summed E-state index contributed by atoms with van der Waals surface area (Å²) in [5.41, 5.74) is -0.0367. The highest BCUT2D eigenvalue weighted by atomic mass is 32.1. The number of nitrogens with one attached hydrogen (secondary N) is 1. The van der Waals surface area contributed by atoms with Crippen LogP contribution < -0.4 is 10.1 Å². The summed E-state index contributed by atoms with van der Waals surface area (Å²) in [6, 6.07) is 5.53. The summed E-state index contributed by atoms with van der Waals surface area (Å²) in [7, 11) is 0. The fraction of sp³-hybridized carbons (Fsp3) is 0.308. The number of carbonyl (C=O) groups excluding carboxylic acids is 1. The van der Waals surface area contributed by atoms with Gasteiger partial charge in [0.2, 0.25) is 5.13 Å². The van der Waals surface area contributed by atoms with Crippen LogP contribution >= 0.6 is 11.3 Å². The number of carbonyl (C=O) groups is 1. The second-order valence-corrected chi connectivity index (χ2v) is 5.42. The number of nitro benzene ring substituents is 1. The van der Waals surface area contributed by atoms with Gasteiger partial charge in [0, 0.05) is 12.1 Å². The molecule has 2 aromatic rings. The first kappa shape index (κ1) is 15.8. The summed E-state index contributed by atoms with van der Waals surface area (Å²) in [4.78, 5) is 22.0. The van der Waals surface area contributed by atoms with Crippen molar-refractivity contribution in [1.82, 2.24) is 10.2 Å². The number of hydrogen-bond acceptors (Lipinski definition) is 7. The second-order valence-electron chi connectivity index (χ2n) is 4.35. The van der Waals surface area contributed by atoms with Crippen molar-refractivity contribution in [3.05, 3.63) is 39.4 Å². The third-order valence-corrected chi connectivity index (χ3v) is 3.71. The molecule has 1 atom stereocenters. The maximum absolute atomic E-state index is 12.0. The van der Waals surface area contributed by atoms with Crippen LogP contribution in [0.3, 0.4) is 0 Å². The molecule has 8 nitrogen and oxygen atoms in total. The number of aromatic nitrogens is 2. The normalized spacial score (nSPS) is 11.7. The van der Waals surface area contributed by atoms with E-state index < -0.39 is 11.0 Å². The number of benzene rings is 1. The third kappa shape index (κ3) is 3.98. The number of aryl methyl sites for hydroxylation is 1. The minimum absolute atomic E-state index is 0.0367. The number of anilines is 1. The number of non-ortho nitro benzene ring substituents is 1. The Labute approximate surface area is 130 Å². The van der Waals surface area contributed by atoms with Crippen molar-refractivity contribution in [3.63, 3.8) is 0 Å². The largest absolute Gasteiger partial charge is 0.481 e. The fourth-order valence-electron chi connectivity index (χ4n) is 1.56. The molecule has 1 heterocycles. The molecule has 0 radical (unpaired) electrons. The highest BCUT2D eigenvalue weighted by molar-refractivity contribution is 7.15. The van der Waals surface area contributed by atoms with Gasteiger partial charge in [-0.15, -0.1) is 10.2 Å². The van der Waals surface area contributed by atoms with Crippen LogP contribution in [0.2, 0.25) is 0 Å². The van der Waals surface area contributed by atoms with Crippen LogP contribution in [-0.4, -0.2) is 27.1 Å². The van der Waals surface area contributed by atoms with Gasteiger partial charge < -0.3 is 4.74 Å². The summed E-state index contributed by atoms with van der Waals surface area (Å²) in [5.74, 6) is 0.0110. The van der Waals surface area contributed by atoms with Crippen molar-refractivity contribution < 1.29 is 14.5 Å². The van der Waals surface area contributed by atoms with E-state index in [-0.39, 0.29) is 11.6 Å². The molecule has 0 bridgehead atoms. The number of nitro groups is 1. The molecule has 1 amide bonds. The van der Waals surface area contributed by atoms with Gasteiger partial charge in [0.25, 0.3) is 11.6 Å². The number of nitrogens with zero attached hydrogens (tertiary/aromatic N) is 3. The Bertz CT molecular complexity index is 671. The van der Waals surface area contributed by atoms with E-state index in [0.717, 1.165) is 11.4 Å². The van der Waals surface area contributed by atoms with Crippen molar-refractivity contribution in [2.45, 2.75) is 26.4 Å². The maximum Gasteiger partial charge on any atom is 0.269 e. The zero-order valence-corrected chi connectivity index (χ0v) is 12.8. The molecule has 1 aromatic heterocycles. The van der Waals surface area contributed by atoms with Gasteiger partial charge in [-0.3, -0.25) is 20.2 Å². The third-order valence-electron chi connectivity index (χ3n) is 2.73. The molecule has 1 unspecified atom stereocenters. The molecule has 116 valence electrons. The van der Waals surface area contributed by atoms with Crippen LogP contribution in [-0.2, 0) is 11.2 Å². The Balaban J connectivity index is 1.94. The molecule has 0 aliphatic heterocycles. The van der Waals surface area contributed by atoms with Gasteiger partial charge in [-0.25, -0.2) is 0 Å². The van der Waals surface area contributed by atoms with Crippen molar-refractivity contribution in [2.24, 2.45) is 0 Å². The SMILES string of the molecule is CCc1nnc(NC(=O)C(C)Oc2ccc([N+](=O)[O-])cc2)s1. The standard InChI is InChI=1S/C13H14N4O4S/c1-3-11-15-16-13(22-11)14-12(18)8(2)21-10-6-4-9(5-7-10)17(19)20/h4-8H,3H2,1-2H3,(H,14,16,18). The van der Waals surface area contributed by atoms with Gasteiger partial charge in [-0.1, -0.05) is 18.3 Å². The predicted octanol–water partition coefficient (Wildman–Crippen LogP) is 2.41. The topological polar surface area (TPSA) is 107 Å². The molecule has 9 heteroatoms. The molecular formula is C13H14N4O4S. The molecule has 0 spiro atoms. The molecule has 0 aliphatic rings. The number of ether oxygens (including phenoxy) is 1. The highest BCUT2D eigenvalue weighted by Gasteiger charge is 2.17. The fourth-order valence-corrected chi connectivity index (χ4v) is 2.24. The molecule has 1 N–H and O–H groups in total. The lowest BCUT2D eigenvalue weighted by Crippen LogP contribution is -2.30. The van der Waals surface area contributed by atoms with E-state index in [0.29, 0.717) is 10.9 Å². The first-order chi connectivity index (χ1) is 10.5. The molecule has 0 saturated carbocycles. The predicted molar refractivity (Wildman–Crippen MR) is 81.1 cm³/mol. The van der Waals surface area contributed by atoms with E-state index in [4.69, 9.17) is 4.74 Å². The Morgan fingerprint density at radius 2 is 2.09 bits per heavy atom.